The number of hydrogen-bond acceptors (Lipinski definition) is 5. The van der Waals surface area contributed by atoms with E-state index in [1.165, 1.54) is 0 Å². The minimum absolute atomic E-state index is 0.0769. The van der Waals surface area contributed by atoms with Gasteiger partial charge in [0.25, 0.3) is 0 Å². The van der Waals surface area contributed by atoms with Gasteiger partial charge in [-0.15, -0.1) is 0 Å². The summed E-state index contributed by atoms with van der Waals surface area (Å²) >= 11 is 0. The molecule has 0 atom stereocenters. The van der Waals surface area contributed by atoms with Crippen LogP contribution < -0.4 is 20.1 Å². The van der Waals surface area contributed by atoms with Crippen molar-refractivity contribution < 1.29 is 13.9 Å². The number of fused-ring (bicyclic) bond motifs is 1. The molecule has 6 heteroatoms. The van der Waals surface area contributed by atoms with Crippen LogP contribution in [0.5, 0.6) is 11.5 Å². The van der Waals surface area contributed by atoms with E-state index in [2.05, 4.69) is 16.7 Å². The van der Waals surface area contributed by atoms with Gasteiger partial charge in [-0.3, -0.25) is 0 Å². The van der Waals surface area contributed by atoms with Crippen LogP contribution in [0.25, 0.3) is 10.8 Å². The van der Waals surface area contributed by atoms with Crippen LogP contribution in [0.1, 0.15) is 29.5 Å². The van der Waals surface area contributed by atoms with Gasteiger partial charge in [0.2, 0.25) is 0 Å². The van der Waals surface area contributed by atoms with E-state index >= 15 is 0 Å². The monoisotopic (exact) mass is 433 g/mol. The van der Waals surface area contributed by atoms with Crippen molar-refractivity contribution in [1.82, 2.24) is 10.6 Å². The summed E-state index contributed by atoms with van der Waals surface area (Å²) in [7, 11) is 3.16. The van der Waals surface area contributed by atoms with Gasteiger partial charge in [-0.25, -0.2) is 4.39 Å². The zero-order chi connectivity index (χ0) is 22.6. The van der Waals surface area contributed by atoms with Crippen LogP contribution in [0.15, 0.2) is 48.5 Å². The zero-order valence-electron chi connectivity index (χ0n) is 18.5. The molecule has 166 valence electrons. The maximum atomic E-state index is 13.5. The van der Waals surface area contributed by atoms with Crippen LogP contribution in [0.4, 0.5) is 4.39 Å². The van der Waals surface area contributed by atoms with Gasteiger partial charge in [-0.2, -0.15) is 5.26 Å². The van der Waals surface area contributed by atoms with Crippen molar-refractivity contribution in [2.75, 3.05) is 33.9 Å². The highest BCUT2D eigenvalue weighted by Crippen LogP contribution is 2.41. The maximum Gasteiger partial charge on any atom is 0.148 e. The van der Waals surface area contributed by atoms with Gasteiger partial charge in [0.1, 0.15) is 28.9 Å². The molecule has 3 aromatic rings. The summed E-state index contributed by atoms with van der Waals surface area (Å²) in [5.41, 5.74) is 2.41. The van der Waals surface area contributed by atoms with E-state index in [0.29, 0.717) is 23.6 Å². The lowest BCUT2D eigenvalue weighted by atomic mass is 9.73. The Bertz CT molecular complexity index is 1130. The van der Waals surface area contributed by atoms with Crippen molar-refractivity contribution in [1.29, 1.82) is 5.26 Å². The van der Waals surface area contributed by atoms with Gasteiger partial charge in [0.05, 0.1) is 14.2 Å². The molecule has 0 aliphatic carbocycles. The first-order chi connectivity index (χ1) is 15.6. The number of nitriles is 1. The topological polar surface area (TPSA) is 66.3 Å². The fourth-order valence-electron chi connectivity index (χ4n) is 4.87. The lowest BCUT2D eigenvalue weighted by Crippen LogP contribution is -2.46. The lowest BCUT2D eigenvalue weighted by molar-refractivity contribution is 0.292. The van der Waals surface area contributed by atoms with Crippen molar-refractivity contribution in [3.8, 4) is 17.6 Å². The molecule has 0 unspecified atom stereocenters. The molecular formula is C26H28FN3O2. The molecule has 4 rings (SSSR count). The van der Waals surface area contributed by atoms with Gasteiger partial charge < -0.3 is 20.1 Å². The Labute approximate surface area is 188 Å². The third kappa shape index (κ3) is 4.02. The van der Waals surface area contributed by atoms with E-state index in [1.807, 2.05) is 36.4 Å². The molecule has 32 heavy (non-hydrogen) atoms. The van der Waals surface area contributed by atoms with Crippen molar-refractivity contribution >= 4 is 10.8 Å². The van der Waals surface area contributed by atoms with Gasteiger partial charge in [0, 0.05) is 29.5 Å². The number of methoxy groups -OCH3 is 2. The average Bonchev–Trinajstić information content (AvgIpc) is 2.84. The average molecular weight is 434 g/mol. The molecule has 1 fully saturated rings. The van der Waals surface area contributed by atoms with Gasteiger partial charge in [-0.05, 0) is 49.0 Å². The van der Waals surface area contributed by atoms with Crippen LogP contribution in [0.2, 0.25) is 0 Å². The second kappa shape index (κ2) is 9.56. The van der Waals surface area contributed by atoms with Crippen LogP contribution >= 0.6 is 0 Å². The van der Waals surface area contributed by atoms with Crippen molar-refractivity contribution in [3.05, 3.63) is 71.0 Å². The SMILES string of the molecule is COc1c(C#N)c(OC)c2ccccc2c1CNCC1(c2ccc(F)cc2)CCNCC1. The van der Waals surface area contributed by atoms with E-state index in [1.54, 1.807) is 26.4 Å². The molecule has 5 nitrogen and oxygen atoms in total. The molecule has 0 radical (unpaired) electrons. The largest absolute Gasteiger partial charge is 0.495 e. The first-order valence-electron chi connectivity index (χ1n) is 10.9. The Balaban J connectivity index is 1.68. The number of nitrogens with one attached hydrogen (secondary N) is 2. The highest BCUT2D eigenvalue weighted by molar-refractivity contribution is 5.95. The fraction of sp³-hybridized carbons (Fsp3) is 0.346. The zero-order valence-corrected chi connectivity index (χ0v) is 18.5. The standard InChI is InChI=1S/C26H28FN3O2/c1-31-24-21-6-4-3-5-20(21)23(25(32-2)22(24)15-28)16-30-17-26(11-13-29-14-12-26)18-7-9-19(27)10-8-18/h3-10,29-30H,11-14,16-17H2,1-2H3. The van der Waals surface area contributed by atoms with E-state index in [0.717, 1.165) is 54.4 Å². The first kappa shape index (κ1) is 22.1. The number of nitrogens with zero attached hydrogens (tertiary/aromatic N) is 1. The Morgan fingerprint density at radius 3 is 2.28 bits per heavy atom. The number of hydrogen-bond donors (Lipinski definition) is 2. The summed E-state index contributed by atoms with van der Waals surface area (Å²) in [6.07, 6.45) is 1.94. The second-order valence-corrected chi connectivity index (χ2v) is 8.22. The van der Waals surface area contributed by atoms with E-state index < -0.39 is 0 Å². The fourth-order valence-corrected chi connectivity index (χ4v) is 4.87. The van der Waals surface area contributed by atoms with Crippen molar-refractivity contribution in [2.24, 2.45) is 0 Å². The summed E-state index contributed by atoms with van der Waals surface area (Å²) in [5, 5.41) is 18.8. The second-order valence-electron chi connectivity index (χ2n) is 8.22. The number of rotatable bonds is 7. The highest BCUT2D eigenvalue weighted by Gasteiger charge is 2.33. The Morgan fingerprint density at radius 1 is 1.00 bits per heavy atom. The summed E-state index contributed by atoms with van der Waals surface area (Å²) in [6.45, 7) is 3.13. The Hall–Kier alpha value is -3.14. The maximum absolute atomic E-state index is 13.5. The molecule has 1 heterocycles. The van der Waals surface area contributed by atoms with Gasteiger partial charge in [0.15, 0.2) is 0 Å². The number of benzene rings is 3. The van der Waals surface area contributed by atoms with Crippen LogP contribution in [-0.4, -0.2) is 33.9 Å². The summed E-state index contributed by atoms with van der Waals surface area (Å²) in [6, 6.07) is 17.0. The molecule has 0 amide bonds. The Kier molecular flexibility index (Phi) is 6.59. The summed E-state index contributed by atoms with van der Waals surface area (Å²) < 4.78 is 24.8. The molecule has 1 saturated heterocycles. The van der Waals surface area contributed by atoms with Crippen molar-refractivity contribution in [2.45, 2.75) is 24.8 Å². The Morgan fingerprint density at radius 2 is 1.66 bits per heavy atom. The highest BCUT2D eigenvalue weighted by atomic mass is 19.1. The molecular weight excluding hydrogens is 405 g/mol. The van der Waals surface area contributed by atoms with Gasteiger partial charge in [-0.1, -0.05) is 36.4 Å². The van der Waals surface area contributed by atoms with E-state index in [9.17, 15) is 9.65 Å². The number of piperidine rings is 1. The molecule has 1 aliphatic rings. The quantitative estimate of drug-likeness (QED) is 0.582. The smallest absolute Gasteiger partial charge is 0.148 e. The van der Waals surface area contributed by atoms with Crippen LogP contribution in [0, 0.1) is 17.1 Å². The van der Waals surface area contributed by atoms with E-state index in [4.69, 9.17) is 9.47 Å². The summed E-state index contributed by atoms with van der Waals surface area (Å²) in [4.78, 5) is 0. The molecule has 0 aromatic heterocycles. The molecule has 1 aliphatic heterocycles. The predicted molar refractivity (Wildman–Crippen MR) is 124 cm³/mol. The van der Waals surface area contributed by atoms with Crippen molar-refractivity contribution in [3.63, 3.8) is 0 Å². The van der Waals surface area contributed by atoms with E-state index in [-0.39, 0.29) is 11.2 Å². The molecule has 0 bridgehead atoms. The minimum atomic E-state index is -0.218. The molecule has 2 N–H and O–H groups in total. The summed E-state index contributed by atoms with van der Waals surface area (Å²) in [5.74, 6) is 0.853. The van der Waals surface area contributed by atoms with Gasteiger partial charge >= 0.3 is 0 Å². The molecule has 3 aromatic carbocycles. The number of halogens is 1. The predicted octanol–water partition coefficient (Wildman–Crippen LogP) is 4.28. The first-order valence-corrected chi connectivity index (χ1v) is 10.9. The molecule has 0 saturated carbocycles. The minimum Gasteiger partial charge on any atom is -0.495 e. The van der Waals surface area contributed by atoms with Crippen LogP contribution in [0.3, 0.4) is 0 Å². The third-order valence-corrected chi connectivity index (χ3v) is 6.53. The van der Waals surface area contributed by atoms with Crippen LogP contribution in [-0.2, 0) is 12.0 Å². The number of ether oxygens (including phenoxy) is 2. The third-order valence-electron chi connectivity index (χ3n) is 6.53. The lowest BCUT2D eigenvalue weighted by Gasteiger charge is -2.38. The normalized spacial score (nSPS) is 15.3. The molecule has 0 spiro atoms.